The number of carbonyl (C=O) groups is 1. The predicted octanol–water partition coefficient (Wildman–Crippen LogP) is 3.54. The first kappa shape index (κ1) is 19.1. The highest BCUT2D eigenvalue weighted by molar-refractivity contribution is 6.38. The number of benzene rings is 1. The fourth-order valence-corrected chi connectivity index (χ4v) is 3.46. The topological polar surface area (TPSA) is 77.6 Å². The highest BCUT2D eigenvalue weighted by Crippen LogP contribution is 2.30. The van der Waals surface area contributed by atoms with E-state index in [1.54, 1.807) is 36.3 Å². The molecule has 0 radical (unpaired) electrons. The molecule has 0 fully saturated rings. The first-order valence-corrected chi connectivity index (χ1v) is 9.46. The fraction of sp³-hybridized carbons (Fsp3) is 0.200. The number of amides is 1. The molecule has 1 N–H and O–H groups in total. The van der Waals surface area contributed by atoms with Crippen LogP contribution in [0.4, 0.5) is 4.39 Å². The molecule has 3 aromatic heterocycles. The summed E-state index contributed by atoms with van der Waals surface area (Å²) < 4.78 is 16.7. The van der Waals surface area contributed by atoms with E-state index in [-0.39, 0.29) is 11.7 Å². The molecule has 0 aliphatic carbocycles. The molecule has 9 heteroatoms. The van der Waals surface area contributed by atoms with Gasteiger partial charge in [-0.05, 0) is 37.6 Å². The van der Waals surface area contributed by atoms with E-state index in [1.807, 2.05) is 10.8 Å². The molecular weight excluding hydrogens is 395 g/mol. The molecular formula is C20H18ClFN6O. The second kappa shape index (κ2) is 8.00. The van der Waals surface area contributed by atoms with Gasteiger partial charge in [0.25, 0.3) is 5.91 Å². The second-order valence-electron chi connectivity index (χ2n) is 6.57. The van der Waals surface area contributed by atoms with Crippen molar-refractivity contribution in [3.8, 4) is 5.69 Å². The Kier molecular flexibility index (Phi) is 5.26. The summed E-state index contributed by atoms with van der Waals surface area (Å²) in [6, 6.07) is 5.92. The molecule has 3 heterocycles. The van der Waals surface area contributed by atoms with Gasteiger partial charge >= 0.3 is 0 Å². The van der Waals surface area contributed by atoms with Crippen molar-refractivity contribution < 1.29 is 9.18 Å². The lowest BCUT2D eigenvalue weighted by atomic mass is 10.2. The van der Waals surface area contributed by atoms with E-state index in [9.17, 15) is 9.18 Å². The van der Waals surface area contributed by atoms with Crippen LogP contribution in [0.2, 0.25) is 5.02 Å². The summed E-state index contributed by atoms with van der Waals surface area (Å²) in [6.45, 7) is 3.05. The third-order valence-corrected chi connectivity index (χ3v) is 4.95. The zero-order chi connectivity index (χ0) is 20.4. The molecule has 0 aliphatic rings. The Balaban J connectivity index is 1.55. The Hall–Kier alpha value is -3.26. The van der Waals surface area contributed by atoms with Crippen LogP contribution < -0.4 is 5.32 Å². The standard InChI is InChI=1S/C20H18ClFN6O/c1-13-17-18(21)16(20(29)24-7-2-9-27-10-8-23-12-27)11-25-19(17)28(26-13)15-5-3-14(22)4-6-15/h3-6,8,10-12H,2,7,9H2,1H3,(H,24,29). The van der Waals surface area contributed by atoms with Crippen LogP contribution in [0.3, 0.4) is 0 Å². The SMILES string of the molecule is Cc1nn(-c2ccc(F)cc2)c2ncc(C(=O)NCCCn3ccnc3)c(Cl)c12. The number of imidazole rings is 1. The van der Waals surface area contributed by atoms with Crippen molar-refractivity contribution >= 4 is 28.5 Å². The van der Waals surface area contributed by atoms with Crippen molar-refractivity contribution in [1.29, 1.82) is 0 Å². The number of aryl methyl sites for hydroxylation is 2. The van der Waals surface area contributed by atoms with Crippen LogP contribution in [0.15, 0.2) is 49.2 Å². The first-order chi connectivity index (χ1) is 14.0. The third-order valence-electron chi connectivity index (χ3n) is 4.56. The lowest BCUT2D eigenvalue weighted by Crippen LogP contribution is -2.25. The van der Waals surface area contributed by atoms with Gasteiger partial charge in [0, 0.05) is 31.7 Å². The normalized spacial score (nSPS) is 11.1. The lowest BCUT2D eigenvalue weighted by Gasteiger charge is -2.08. The van der Waals surface area contributed by atoms with E-state index >= 15 is 0 Å². The highest BCUT2D eigenvalue weighted by Gasteiger charge is 2.19. The zero-order valence-corrected chi connectivity index (χ0v) is 16.4. The van der Waals surface area contributed by atoms with Crippen molar-refractivity contribution in [3.05, 3.63) is 71.3 Å². The summed E-state index contributed by atoms with van der Waals surface area (Å²) >= 11 is 6.54. The first-order valence-electron chi connectivity index (χ1n) is 9.08. The molecule has 0 bridgehead atoms. The minimum atomic E-state index is -0.333. The lowest BCUT2D eigenvalue weighted by molar-refractivity contribution is 0.0952. The number of hydrogen-bond donors (Lipinski definition) is 1. The number of halogens is 2. The van der Waals surface area contributed by atoms with Crippen molar-refractivity contribution in [2.75, 3.05) is 6.54 Å². The number of nitrogens with one attached hydrogen (secondary N) is 1. The number of nitrogens with zero attached hydrogens (tertiary/aromatic N) is 5. The molecule has 1 aromatic carbocycles. The van der Waals surface area contributed by atoms with Crippen molar-refractivity contribution in [1.82, 2.24) is 29.6 Å². The van der Waals surface area contributed by atoms with E-state index in [2.05, 4.69) is 20.4 Å². The van der Waals surface area contributed by atoms with Gasteiger partial charge in [-0.1, -0.05) is 11.6 Å². The number of rotatable bonds is 6. The maximum atomic E-state index is 13.2. The molecule has 148 valence electrons. The Morgan fingerprint density at radius 3 is 2.79 bits per heavy atom. The van der Waals surface area contributed by atoms with Crippen molar-refractivity contribution in [2.45, 2.75) is 19.9 Å². The Labute approximate surface area is 171 Å². The molecule has 4 rings (SSSR count). The highest BCUT2D eigenvalue weighted by atomic mass is 35.5. The average Bonchev–Trinajstić information content (AvgIpc) is 3.34. The molecule has 0 saturated carbocycles. The smallest absolute Gasteiger partial charge is 0.254 e. The molecule has 29 heavy (non-hydrogen) atoms. The predicted molar refractivity (Wildman–Crippen MR) is 108 cm³/mol. The minimum absolute atomic E-state index is 0.288. The molecule has 7 nitrogen and oxygen atoms in total. The summed E-state index contributed by atoms with van der Waals surface area (Å²) in [4.78, 5) is 21.0. The van der Waals surface area contributed by atoms with Gasteiger partial charge in [0.1, 0.15) is 5.82 Å². The van der Waals surface area contributed by atoms with Crippen LogP contribution in [0.25, 0.3) is 16.7 Å². The van der Waals surface area contributed by atoms with E-state index in [0.29, 0.717) is 39.5 Å². The average molecular weight is 413 g/mol. The van der Waals surface area contributed by atoms with Gasteiger partial charge in [0.05, 0.1) is 33.7 Å². The van der Waals surface area contributed by atoms with Gasteiger partial charge in [-0.15, -0.1) is 0 Å². The van der Waals surface area contributed by atoms with Gasteiger partial charge in [-0.2, -0.15) is 5.10 Å². The Bertz CT molecular complexity index is 1150. The fourth-order valence-electron chi connectivity index (χ4n) is 3.11. The maximum absolute atomic E-state index is 13.2. The number of hydrogen-bond acceptors (Lipinski definition) is 4. The molecule has 0 spiro atoms. The van der Waals surface area contributed by atoms with E-state index in [0.717, 1.165) is 13.0 Å². The van der Waals surface area contributed by atoms with E-state index < -0.39 is 0 Å². The second-order valence-corrected chi connectivity index (χ2v) is 6.95. The van der Waals surface area contributed by atoms with Gasteiger partial charge in [-0.3, -0.25) is 4.79 Å². The monoisotopic (exact) mass is 412 g/mol. The van der Waals surface area contributed by atoms with Crippen LogP contribution in [0, 0.1) is 12.7 Å². The number of pyridine rings is 1. The number of aromatic nitrogens is 5. The zero-order valence-electron chi connectivity index (χ0n) is 15.6. The van der Waals surface area contributed by atoms with Crippen LogP contribution >= 0.6 is 11.6 Å². The molecule has 4 aromatic rings. The van der Waals surface area contributed by atoms with Gasteiger partial charge < -0.3 is 9.88 Å². The van der Waals surface area contributed by atoms with Crippen LogP contribution in [-0.2, 0) is 6.54 Å². The van der Waals surface area contributed by atoms with E-state index in [4.69, 9.17) is 11.6 Å². The molecule has 1 amide bonds. The summed E-state index contributed by atoms with van der Waals surface area (Å²) in [6.07, 6.45) is 7.53. The third kappa shape index (κ3) is 3.84. The van der Waals surface area contributed by atoms with Gasteiger partial charge in [0.15, 0.2) is 5.65 Å². The quantitative estimate of drug-likeness (QED) is 0.491. The summed E-state index contributed by atoms with van der Waals surface area (Å²) in [5, 5.41) is 8.23. The molecule has 0 atom stereocenters. The van der Waals surface area contributed by atoms with Crippen LogP contribution in [0.5, 0.6) is 0 Å². The summed E-state index contributed by atoms with van der Waals surface area (Å²) in [5.74, 6) is -0.621. The molecule has 0 aliphatic heterocycles. The van der Waals surface area contributed by atoms with Crippen LogP contribution in [-0.4, -0.2) is 36.8 Å². The summed E-state index contributed by atoms with van der Waals surface area (Å²) in [7, 11) is 0. The molecule has 0 saturated heterocycles. The molecule has 0 unspecified atom stereocenters. The van der Waals surface area contributed by atoms with E-state index in [1.165, 1.54) is 18.3 Å². The van der Waals surface area contributed by atoms with Gasteiger partial charge in [0.2, 0.25) is 0 Å². The van der Waals surface area contributed by atoms with Gasteiger partial charge in [-0.25, -0.2) is 19.0 Å². The number of carbonyl (C=O) groups excluding carboxylic acids is 1. The minimum Gasteiger partial charge on any atom is -0.352 e. The number of fused-ring (bicyclic) bond motifs is 1. The largest absolute Gasteiger partial charge is 0.352 e. The Morgan fingerprint density at radius 2 is 2.07 bits per heavy atom. The Morgan fingerprint density at radius 1 is 1.28 bits per heavy atom. The summed E-state index contributed by atoms with van der Waals surface area (Å²) in [5.41, 5.74) is 2.10. The van der Waals surface area contributed by atoms with Crippen LogP contribution in [0.1, 0.15) is 22.5 Å². The van der Waals surface area contributed by atoms with Crippen molar-refractivity contribution in [3.63, 3.8) is 0 Å². The van der Waals surface area contributed by atoms with Crippen molar-refractivity contribution in [2.24, 2.45) is 0 Å². The maximum Gasteiger partial charge on any atom is 0.254 e.